The Morgan fingerprint density at radius 2 is 2.06 bits per heavy atom. The molecular formula is C21H28N10O. The van der Waals surface area contributed by atoms with E-state index in [-0.39, 0.29) is 23.1 Å². The number of aromatic nitrogens is 6. The van der Waals surface area contributed by atoms with Gasteiger partial charge in [0.05, 0.1) is 13.1 Å². The molecule has 11 heteroatoms. The predicted molar refractivity (Wildman–Crippen MR) is 119 cm³/mol. The van der Waals surface area contributed by atoms with E-state index in [1.54, 1.807) is 17.2 Å². The number of carbonyl (C=O) groups excluding carboxylic acids is 1. The Kier molecular flexibility index (Phi) is 6.16. The second-order valence-electron chi connectivity index (χ2n) is 9.21. The third-order valence-corrected chi connectivity index (χ3v) is 5.14. The van der Waals surface area contributed by atoms with Crippen LogP contribution in [0.25, 0.3) is 11.0 Å². The third kappa shape index (κ3) is 5.27. The molecule has 1 aliphatic heterocycles. The van der Waals surface area contributed by atoms with Crippen LogP contribution in [0.5, 0.6) is 0 Å². The summed E-state index contributed by atoms with van der Waals surface area (Å²) in [6, 6.07) is 4.02. The molecule has 0 aliphatic carbocycles. The highest BCUT2D eigenvalue weighted by atomic mass is 16.2. The Hall–Kier alpha value is -3.36. The molecule has 32 heavy (non-hydrogen) atoms. The normalized spacial score (nSPS) is 15.1. The van der Waals surface area contributed by atoms with Crippen LogP contribution in [0.4, 0.5) is 5.95 Å². The molecule has 2 N–H and O–H groups in total. The number of anilines is 1. The molecule has 168 valence electrons. The van der Waals surface area contributed by atoms with Crippen LogP contribution >= 0.6 is 0 Å². The fourth-order valence-corrected chi connectivity index (χ4v) is 3.76. The summed E-state index contributed by atoms with van der Waals surface area (Å²) < 4.78 is 3.79. The quantitative estimate of drug-likeness (QED) is 0.581. The lowest BCUT2D eigenvalue weighted by Crippen LogP contribution is -2.46. The van der Waals surface area contributed by atoms with Crippen molar-refractivity contribution >= 4 is 22.9 Å². The number of amides is 1. The van der Waals surface area contributed by atoms with Crippen molar-refractivity contribution in [3.8, 4) is 6.07 Å². The van der Waals surface area contributed by atoms with Crippen LogP contribution in [0.15, 0.2) is 18.6 Å². The molecular weight excluding hydrogens is 408 g/mol. The van der Waals surface area contributed by atoms with Crippen molar-refractivity contribution in [3.63, 3.8) is 0 Å². The lowest BCUT2D eigenvalue weighted by Gasteiger charge is -2.26. The summed E-state index contributed by atoms with van der Waals surface area (Å²) in [5, 5.41) is 20.5. The molecule has 0 atom stereocenters. The van der Waals surface area contributed by atoms with Gasteiger partial charge in [-0.05, 0) is 11.5 Å². The molecule has 4 rings (SSSR count). The Bertz CT molecular complexity index is 1140. The van der Waals surface area contributed by atoms with Gasteiger partial charge in [0.2, 0.25) is 17.7 Å². The zero-order valence-corrected chi connectivity index (χ0v) is 18.7. The standard InChI is InChI=1S/C21H28N10O/c1-21(2,3)13-31-16(8-15-10-24-17(9-22)26-19(15)31)11-30-14-25-20(28-30)27-18(32)12-29-6-4-23-5-7-29/h8,10,14,23H,4-7,11-13H2,1-3H3,(H,27,28,32). The van der Waals surface area contributed by atoms with E-state index in [1.165, 1.54) is 0 Å². The molecule has 4 heterocycles. The van der Waals surface area contributed by atoms with Gasteiger partial charge in [-0.25, -0.2) is 19.6 Å². The summed E-state index contributed by atoms with van der Waals surface area (Å²) in [6.07, 6.45) is 3.28. The van der Waals surface area contributed by atoms with Crippen LogP contribution in [0.2, 0.25) is 0 Å². The van der Waals surface area contributed by atoms with E-state index < -0.39 is 0 Å². The average Bonchev–Trinajstić information content (AvgIpc) is 3.31. The summed E-state index contributed by atoms with van der Waals surface area (Å²) in [4.78, 5) is 27.2. The molecule has 0 radical (unpaired) electrons. The van der Waals surface area contributed by atoms with Gasteiger partial charge in [-0.2, -0.15) is 5.26 Å². The van der Waals surface area contributed by atoms with Crippen molar-refractivity contribution in [2.45, 2.75) is 33.9 Å². The topological polar surface area (TPSA) is 130 Å². The summed E-state index contributed by atoms with van der Waals surface area (Å²) >= 11 is 0. The van der Waals surface area contributed by atoms with Crippen LogP contribution in [0, 0.1) is 16.7 Å². The van der Waals surface area contributed by atoms with Crippen molar-refractivity contribution < 1.29 is 4.79 Å². The van der Waals surface area contributed by atoms with E-state index >= 15 is 0 Å². The van der Waals surface area contributed by atoms with Crippen molar-refractivity contribution in [1.82, 2.24) is 39.5 Å². The van der Waals surface area contributed by atoms with Crippen LogP contribution in [-0.4, -0.2) is 72.8 Å². The Morgan fingerprint density at radius 1 is 1.28 bits per heavy atom. The fourth-order valence-electron chi connectivity index (χ4n) is 3.76. The fraction of sp³-hybridized carbons (Fsp3) is 0.524. The monoisotopic (exact) mass is 436 g/mol. The lowest BCUT2D eigenvalue weighted by molar-refractivity contribution is -0.117. The van der Waals surface area contributed by atoms with Crippen molar-refractivity contribution in [2.75, 3.05) is 38.0 Å². The van der Waals surface area contributed by atoms with Gasteiger partial charge in [0.25, 0.3) is 0 Å². The third-order valence-electron chi connectivity index (χ3n) is 5.14. The smallest absolute Gasteiger partial charge is 0.248 e. The number of rotatable bonds is 6. The maximum atomic E-state index is 12.3. The highest BCUT2D eigenvalue weighted by Gasteiger charge is 2.19. The number of nitrogens with one attached hydrogen (secondary N) is 2. The van der Waals surface area contributed by atoms with Crippen LogP contribution in [0.3, 0.4) is 0 Å². The van der Waals surface area contributed by atoms with Gasteiger partial charge in [0, 0.05) is 50.0 Å². The molecule has 0 bridgehead atoms. The first kappa shape index (κ1) is 21.9. The molecule has 0 saturated carbocycles. The van der Waals surface area contributed by atoms with Crippen molar-refractivity contribution in [3.05, 3.63) is 30.1 Å². The van der Waals surface area contributed by atoms with Crippen molar-refractivity contribution in [1.29, 1.82) is 5.26 Å². The van der Waals surface area contributed by atoms with E-state index in [9.17, 15) is 10.1 Å². The van der Waals surface area contributed by atoms with E-state index in [0.717, 1.165) is 49.5 Å². The Balaban J connectivity index is 1.51. The maximum absolute atomic E-state index is 12.3. The summed E-state index contributed by atoms with van der Waals surface area (Å²) in [6.45, 7) is 11.4. The van der Waals surface area contributed by atoms with Gasteiger partial charge in [-0.3, -0.25) is 15.0 Å². The number of piperazine rings is 1. The van der Waals surface area contributed by atoms with E-state index in [4.69, 9.17) is 0 Å². The summed E-state index contributed by atoms with van der Waals surface area (Å²) in [7, 11) is 0. The molecule has 0 spiro atoms. The highest BCUT2D eigenvalue weighted by Crippen LogP contribution is 2.24. The maximum Gasteiger partial charge on any atom is 0.248 e. The minimum Gasteiger partial charge on any atom is -0.327 e. The van der Waals surface area contributed by atoms with Gasteiger partial charge >= 0.3 is 0 Å². The molecule has 3 aromatic heterocycles. The Labute approximate surface area is 186 Å². The summed E-state index contributed by atoms with van der Waals surface area (Å²) in [5.74, 6) is 0.313. The zero-order valence-electron chi connectivity index (χ0n) is 18.7. The van der Waals surface area contributed by atoms with Gasteiger partial charge in [0.1, 0.15) is 18.0 Å². The zero-order chi connectivity index (χ0) is 22.7. The highest BCUT2D eigenvalue weighted by molar-refractivity contribution is 5.90. The van der Waals surface area contributed by atoms with Crippen LogP contribution in [-0.2, 0) is 17.9 Å². The van der Waals surface area contributed by atoms with Crippen LogP contribution in [0.1, 0.15) is 32.3 Å². The largest absolute Gasteiger partial charge is 0.327 e. The molecule has 1 amide bonds. The summed E-state index contributed by atoms with van der Waals surface area (Å²) in [5.41, 5.74) is 1.71. The van der Waals surface area contributed by atoms with Crippen LogP contribution < -0.4 is 10.6 Å². The van der Waals surface area contributed by atoms with E-state index in [1.807, 2.05) is 12.1 Å². The minimum atomic E-state index is -0.120. The van der Waals surface area contributed by atoms with Gasteiger partial charge in [-0.15, -0.1) is 5.10 Å². The minimum absolute atomic E-state index is 0.00390. The first-order valence-electron chi connectivity index (χ1n) is 10.7. The second-order valence-corrected chi connectivity index (χ2v) is 9.21. The van der Waals surface area contributed by atoms with Gasteiger partial charge in [0.15, 0.2) is 0 Å². The van der Waals surface area contributed by atoms with Gasteiger partial charge < -0.3 is 9.88 Å². The number of hydrogen-bond acceptors (Lipinski definition) is 8. The Morgan fingerprint density at radius 3 is 2.78 bits per heavy atom. The molecule has 3 aromatic rings. The average molecular weight is 437 g/mol. The number of nitrogens with zero attached hydrogens (tertiary/aromatic N) is 8. The predicted octanol–water partition coefficient (Wildman–Crippen LogP) is 0.833. The molecule has 11 nitrogen and oxygen atoms in total. The first-order chi connectivity index (χ1) is 15.3. The molecule has 1 saturated heterocycles. The van der Waals surface area contributed by atoms with Crippen molar-refractivity contribution in [2.24, 2.45) is 5.41 Å². The SMILES string of the molecule is CC(C)(C)Cn1c(Cn2cnc(NC(=O)CN3CCNCC3)n2)cc2cnc(C#N)nc21. The second kappa shape index (κ2) is 9.02. The van der Waals surface area contributed by atoms with Gasteiger partial charge in [-0.1, -0.05) is 20.8 Å². The number of nitriles is 1. The number of fused-ring (bicyclic) bond motifs is 1. The number of carbonyl (C=O) groups is 1. The van der Waals surface area contributed by atoms with E-state index in [2.05, 4.69) is 60.9 Å². The molecule has 0 aromatic carbocycles. The molecule has 1 fully saturated rings. The molecule has 0 unspecified atom stereocenters. The number of hydrogen-bond donors (Lipinski definition) is 2. The lowest BCUT2D eigenvalue weighted by atomic mass is 9.97. The van der Waals surface area contributed by atoms with E-state index in [0.29, 0.717) is 13.1 Å². The first-order valence-corrected chi connectivity index (χ1v) is 10.7. The molecule has 1 aliphatic rings.